The molecule has 0 bridgehead atoms. The van der Waals surface area contributed by atoms with Crippen LogP contribution in [0.4, 0.5) is 0 Å². The summed E-state index contributed by atoms with van der Waals surface area (Å²) in [6.45, 7) is 2.58. The van der Waals surface area contributed by atoms with Gasteiger partial charge >= 0.3 is 0 Å². The fraction of sp³-hybridized carbons (Fsp3) is 0.900. The van der Waals surface area contributed by atoms with Crippen molar-refractivity contribution < 1.29 is 9.53 Å². The van der Waals surface area contributed by atoms with E-state index in [-0.39, 0.29) is 23.7 Å². The number of ether oxygens (including phenoxy) is 1. The Labute approximate surface area is 84.2 Å². The number of amides is 1. The van der Waals surface area contributed by atoms with E-state index in [2.05, 4.69) is 12.2 Å². The second-order valence-electron chi connectivity index (χ2n) is 4.61. The molecule has 0 aromatic rings. The Hall–Kier alpha value is -0.610. The first-order valence-corrected chi connectivity index (χ1v) is 5.30. The Morgan fingerprint density at radius 3 is 2.79 bits per heavy atom. The lowest BCUT2D eigenvalue weighted by Gasteiger charge is -2.16. The first-order chi connectivity index (χ1) is 6.63. The van der Waals surface area contributed by atoms with Gasteiger partial charge in [0.2, 0.25) is 5.91 Å². The maximum atomic E-state index is 11.7. The fourth-order valence-corrected chi connectivity index (χ4v) is 1.76. The van der Waals surface area contributed by atoms with E-state index in [1.165, 1.54) is 0 Å². The van der Waals surface area contributed by atoms with Crippen LogP contribution in [0.3, 0.4) is 0 Å². The minimum atomic E-state index is -0.263. The molecule has 80 valence electrons. The second kappa shape index (κ2) is 3.51. The van der Waals surface area contributed by atoms with Crippen molar-refractivity contribution in [3.05, 3.63) is 0 Å². The Kier molecular flexibility index (Phi) is 2.49. The van der Waals surface area contributed by atoms with Gasteiger partial charge < -0.3 is 15.8 Å². The van der Waals surface area contributed by atoms with Gasteiger partial charge in [0.1, 0.15) is 6.10 Å². The summed E-state index contributed by atoms with van der Waals surface area (Å²) in [6, 6.07) is 0. The molecular weight excluding hydrogens is 180 g/mol. The Morgan fingerprint density at radius 1 is 1.57 bits per heavy atom. The molecule has 1 heterocycles. The van der Waals surface area contributed by atoms with Gasteiger partial charge in [0.05, 0.1) is 6.10 Å². The summed E-state index contributed by atoms with van der Waals surface area (Å²) in [7, 11) is 0. The lowest BCUT2D eigenvalue weighted by molar-refractivity contribution is -0.132. The predicted octanol–water partition coefficient (Wildman–Crippen LogP) is 0.161. The summed E-state index contributed by atoms with van der Waals surface area (Å²) in [6.07, 6.45) is 3.71. The zero-order valence-corrected chi connectivity index (χ0v) is 8.58. The predicted molar refractivity (Wildman–Crippen MR) is 52.7 cm³/mol. The monoisotopic (exact) mass is 198 g/mol. The minimum Gasteiger partial charge on any atom is -0.364 e. The van der Waals surface area contributed by atoms with Gasteiger partial charge in [-0.2, -0.15) is 0 Å². The summed E-state index contributed by atoms with van der Waals surface area (Å²) in [4.78, 5) is 11.7. The van der Waals surface area contributed by atoms with Gasteiger partial charge in [-0.3, -0.25) is 4.79 Å². The number of carbonyl (C=O) groups excluding carboxylic acids is 1. The maximum absolute atomic E-state index is 11.7. The third-order valence-corrected chi connectivity index (χ3v) is 3.09. The molecule has 1 saturated carbocycles. The lowest BCUT2D eigenvalue weighted by atomic mass is 10.2. The highest BCUT2D eigenvalue weighted by atomic mass is 16.5. The van der Waals surface area contributed by atoms with Crippen LogP contribution in [0.15, 0.2) is 0 Å². The second-order valence-corrected chi connectivity index (χ2v) is 4.61. The van der Waals surface area contributed by atoms with Crippen LogP contribution in [0.1, 0.15) is 32.6 Å². The van der Waals surface area contributed by atoms with Crippen molar-refractivity contribution in [2.45, 2.75) is 50.4 Å². The molecule has 2 aliphatic rings. The van der Waals surface area contributed by atoms with E-state index in [1.54, 1.807) is 0 Å². The van der Waals surface area contributed by atoms with Crippen molar-refractivity contribution in [1.82, 2.24) is 5.32 Å². The quantitative estimate of drug-likeness (QED) is 0.679. The van der Waals surface area contributed by atoms with Gasteiger partial charge in [0.15, 0.2) is 0 Å². The van der Waals surface area contributed by atoms with Crippen molar-refractivity contribution in [2.24, 2.45) is 5.73 Å². The summed E-state index contributed by atoms with van der Waals surface area (Å²) in [5.41, 5.74) is 5.54. The molecule has 4 heteroatoms. The molecule has 2 atom stereocenters. The Morgan fingerprint density at radius 2 is 2.29 bits per heavy atom. The highest BCUT2D eigenvalue weighted by molar-refractivity contribution is 5.82. The minimum absolute atomic E-state index is 0.0425. The SMILES string of the molecule is CC1(NC(=O)C2CCC(CN)O2)CC1. The molecule has 2 rings (SSSR count). The van der Waals surface area contributed by atoms with E-state index >= 15 is 0 Å². The van der Waals surface area contributed by atoms with Gasteiger partial charge in [-0.1, -0.05) is 0 Å². The van der Waals surface area contributed by atoms with Crippen molar-refractivity contribution in [1.29, 1.82) is 0 Å². The number of rotatable bonds is 3. The van der Waals surface area contributed by atoms with E-state index in [1.807, 2.05) is 0 Å². The topological polar surface area (TPSA) is 64.4 Å². The number of nitrogens with two attached hydrogens (primary N) is 1. The highest BCUT2D eigenvalue weighted by Gasteiger charge is 2.41. The van der Waals surface area contributed by atoms with Crippen molar-refractivity contribution >= 4 is 5.91 Å². The lowest BCUT2D eigenvalue weighted by Crippen LogP contribution is -2.41. The molecule has 3 N–H and O–H groups in total. The molecule has 1 saturated heterocycles. The van der Waals surface area contributed by atoms with E-state index in [0.29, 0.717) is 6.54 Å². The smallest absolute Gasteiger partial charge is 0.249 e. The van der Waals surface area contributed by atoms with Gasteiger partial charge in [-0.25, -0.2) is 0 Å². The van der Waals surface area contributed by atoms with E-state index in [9.17, 15) is 4.79 Å². The molecule has 2 unspecified atom stereocenters. The van der Waals surface area contributed by atoms with Crippen LogP contribution in [0.5, 0.6) is 0 Å². The fourth-order valence-electron chi connectivity index (χ4n) is 1.76. The average molecular weight is 198 g/mol. The molecule has 4 nitrogen and oxygen atoms in total. The zero-order chi connectivity index (χ0) is 10.2. The Balaban J connectivity index is 1.81. The van der Waals surface area contributed by atoms with Crippen LogP contribution in [-0.4, -0.2) is 30.2 Å². The summed E-state index contributed by atoms with van der Waals surface area (Å²) >= 11 is 0. The van der Waals surface area contributed by atoms with Crippen LogP contribution >= 0.6 is 0 Å². The molecule has 0 aromatic carbocycles. The normalized spacial score (nSPS) is 34.1. The van der Waals surface area contributed by atoms with Gasteiger partial charge in [0, 0.05) is 12.1 Å². The molecule has 2 fully saturated rings. The van der Waals surface area contributed by atoms with Crippen LogP contribution in [0, 0.1) is 0 Å². The van der Waals surface area contributed by atoms with E-state index in [4.69, 9.17) is 10.5 Å². The van der Waals surface area contributed by atoms with Gasteiger partial charge in [0.25, 0.3) is 0 Å². The molecular formula is C10H18N2O2. The summed E-state index contributed by atoms with van der Waals surface area (Å²) in [5, 5.41) is 3.01. The third-order valence-electron chi connectivity index (χ3n) is 3.09. The molecule has 14 heavy (non-hydrogen) atoms. The maximum Gasteiger partial charge on any atom is 0.249 e. The third kappa shape index (κ3) is 2.07. The first kappa shape index (κ1) is 9.93. The van der Waals surface area contributed by atoms with Crippen LogP contribution in [-0.2, 0) is 9.53 Å². The summed E-state index contributed by atoms with van der Waals surface area (Å²) in [5.74, 6) is 0.0425. The van der Waals surface area contributed by atoms with Crippen LogP contribution in [0.25, 0.3) is 0 Å². The molecule has 0 aromatic heterocycles. The van der Waals surface area contributed by atoms with Crippen molar-refractivity contribution in [3.63, 3.8) is 0 Å². The van der Waals surface area contributed by atoms with Crippen molar-refractivity contribution in [3.8, 4) is 0 Å². The average Bonchev–Trinajstić information content (AvgIpc) is 2.71. The van der Waals surface area contributed by atoms with E-state index < -0.39 is 0 Å². The van der Waals surface area contributed by atoms with Crippen LogP contribution < -0.4 is 11.1 Å². The number of hydrogen-bond donors (Lipinski definition) is 2. The standard InChI is InChI=1S/C10H18N2O2/c1-10(4-5-10)12-9(13)8-3-2-7(6-11)14-8/h7-8H,2-6,11H2,1H3,(H,12,13). The molecule has 1 aliphatic heterocycles. The number of carbonyl (C=O) groups is 1. The largest absolute Gasteiger partial charge is 0.364 e. The molecule has 0 spiro atoms. The summed E-state index contributed by atoms with van der Waals surface area (Å²) < 4.78 is 5.51. The molecule has 0 radical (unpaired) electrons. The van der Waals surface area contributed by atoms with Gasteiger partial charge in [-0.15, -0.1) is 0 Å². The first-order valence-electron chi connectivity index (χ1n) is 5.30. The Bertz CT molecular complexity index is 238. The van der Waals surface area contributed by atoms with Crippen LogP contribution in [0.2, 0.25) is 0 Å². The van der Waals surface area contributed by atoms with Gasteiger partial charge in [-0.05, 0) is 32.6 Å². The molecule has 1 aliphatic carbocycles. The van der Waals surface area contributed by atoms with Crippen molar-refractivity contribution in [2.75, 3.05) is 6.54 Å². The highest BCUT2D eigenvalue weighted by Crippen LogP contribution is 2.34. The molecule has 1 amide bonds. The zero-order valence-electron chi connectivity index (χ0n) is 8.58. The number of hydrogen-bond acceptors (Lipinski definition) is 3. The number of nitrogens with one attached hydrogen (secondary N) is 1. The van der Waals surface area contributed by atoms with E-state index in [0.717, 1.165) is 25.7 Å².